The molecule has 8 heteroatoms. The van der Waals surface area contributed by atoms with E-state index in [-0.39, 0.29) is 12.5 Å². The molecular formula is C18H14N4O4. The number of hydrogen-bond donors (Lipinski definition) is 1. The Morgan fingerprint density at radius 3 is 2.81 bits per heavy atom. The van der Waals surface area contributed by atoms with Crippen LogP contribution in [0.3, 0.4) is 0 Å². The van der Waals surface area contributed by atoms with Gasteiger partial charge in [-0.05, 0) is 25.1 Å². The topological polar surface area (TPSA) is 91.5 Å². The van der Waals surface area contributed by atoms with E-state index in [0.717, 1.165) is 22.6 Å². The van der Waals surface area contributed by atoms with E-state index in [0.29, 0.717) is 17.1 Å². The number of rotatable bonds is 2. The summed E-state index contributed by atoms with van der Waals surface area (Å²) in [4.78, 5) is 11.3. The van der Waals surface area contributed by atoms with E-state index >= 15 is 0 Å². The molecular weight excluding hydrogens is 336 g/mol. The largest absolute Gasteiger partial charge is 0.454 e. The van der Waals surface area contributed by atoms with Crippen molar-refractivity contribution >= 4 is 11.4 Å². The minimum absolute atomic E-state index is 0.0368. The number of fused-ring (bicyclic) bond motifs is 4. The Balaban J connectivity index is 1.74. The third-order valence-electron chi connectivity index (χ3n) is 4.61. The van der Waals surface area contributed by atoms with Gasteiger partial charge < -0.3 is 14.8 Å². The number of ether oxygens (including phenoxy) is 2. The summed E-state index contributed by atoms with van der Waals surface area (Å²) in [5.74, 6) is 0.880. The zero-order valence-corrected chi connectivity index (χ0v) is 13.8. The van der Waals surface area contributed by atoms with Gasteiger partial charge in [0.05, 0.1) is 27.9 Å². The second-order valence-electron chi connectivity index (χ2n) is 6.23. The lowest BCUT2D eigenvalue weighted by Crippen LogP contribution is -2.26. The van der Waals surface area contributed by atoms with Crippen molar-refractivity contribution < 1.29 is 14.4 Å². The molecule has 3 aromatic rings. The number of aryl methyl sites for hydroxylation is 1. The monoisotopic (exact) mass is 350 g/mol. The number of aromatic nitrogens is 2. The molecule has 0 saturated carbocycles. The number of anilines is 1. The van der Waals surface area contributed by atoms with Gasteiger partial charge in [0.1, 0.15) is 0 Å². The molecule has 3 heterocycles. The molecule has 0 unspecified atom stereocenters. The maximum atomic E-state index is 11.7. The van der Waals surface area contributed by atoms with Crippen LogP contribution in [0.25, 0.3) is 11.3 Å². The number of nitrogens with zero attached hydrogens (tertiary/aromatic N) is 3. The fourth-order valence-electron chi connectivity index (χ4n) is 3.49. The molecule has 1 N–H and O–H groups in total. The first-order valence-electron chi connectivity index (χ1n) is 8.12. The van der Waals surface area contributed by atoms with Gasteiger partial charge in [-0.2, -0.15) is 5.10 Å². The van der Waals surface area contributed by atoms with Gasteiger partial charge in [0.2, 0.25) is 6.79 Å². The molecule has 0 aliphatic carbocycles. The van der Waals surface area contributed by atoms with Crippen LogP contribution in [0.5, 0.6) is 11.5 Å². The molecule has 5 rings (SSSR count). The van der Waals surface area contributed by atoms with Crippen LogP contribution in [0.1, 0.15) is 17.4 Å². The molecule has 0 fully saturated rings. The molecule has 1 atom stereocenters. The highest BCUT2D eigenvalue weighted by Crippen LogP contribution is 2.44. The second-order valence-corrected chi connectivity index (χ2v) is 6.23. The van der Waals surface area contributed by atoms with Gasteiger partial charge in [-0.3, -0.25) is 10.1 Å². The minimum Gasteiger partial charge on any atom is -0.454 e. The molecule has 2 aliphatic heterocycles. The standard InChI is InChI=1S/C18H14N4O4/c1-10-6-14-11-4-2-3-5-13(11)19-18(21(14)20-10)12-7-16-17(26-9-25-16)8-15(12)22(23)24/h2-8,18-19H,9H2,1H3/t18-/m1/s1. The third kappa shape index (κ3) is 2.05. The Morgan fingerprint density at radius 1 is 1.23 bits per heavy atom. The van der Waals surface area contributed by atoms with Crippen LogP contribution in [0.2, 0.25) is 0 Å². The average molecular weight is 350 g/mol. The average Bonchev–Trinajstić information content (AvgIpc) is 3.25. The van der Waals surface area contributed by atoms with Crippen LogP contribution in [0, 0.1) is 17.0 Å². The molecule has 2 aliphatic rings. The number of benzene rings is 2. The normalized spacial score (nSPS) is 16.6. The van der Waals surface area contributed by atoms with Crippen molar-refractivity contribution in [2.24, 2.45) is 0 Å². The molecule has 0 saturated heterocycles. The van der Waals surface area contributed by atoms with Crippen LogP contribution in [-0.4, -0.2) is 21.5 Å². The highest BCUT2D eigenvalue weighted by atomic mass is 16.7. The quantitative estimate of drug-likeness (QED) is 0.562. The molecule has 8 nitrogen and oxygen atoms in total. The summed E-state index contributed by atoms with van der Waals surface area (Å²) in [6, 6.07) is 12.9. The van der Waals surface area contributed by atoms with Crippen LogP contribution in [0.15, 0.2) is 42.5 Å². The highest BCUT2D eigenvalue weighted by Gasteiger charge is 2.33. The van der Waals surface area contributed by atoms with Crippen molar-refractivity contribution in [2.45, 2.75) is 13.1 Å². The van der Waals surface area contributed by atoms with Gasteiger partial charge >= 0.3 is 0 Å². The number of nitrogens with one attached hydrogen (secondary N) is 1. The van der Waals surface area contributed by atoms with E-state index in [1.54, 1.807) is 10.7 Å². The predicted molar refractivity (Wildman–Crippen MR) is 93.4 cm³/mol. The molecule has 0 radical (unpaired) electrons. The van der Waals surface area contributed by atoms with Gasteiger partial charge in [0.15, 0.2) is 17.7 Å². The van der Waals surface area contributed by atoms with Crippen molar-refractivity contribution in [1.82, 2.24) is 9.78 Å². The zero-order chi connectivity index (χ0) is 17.8. The molecule has 130 valence electrons. The van der Waals surface area contributed by atoms with E-state index in [4.69, 9.17) is 9.47 Å². The lowest BCUT2D eigenvalue weighted by atomic mass is 10.0. The van der Waals surface area contributed by atoms with E-state index in [9.17, 15) is 10.1 Å². The van der Waals surface area contributed by atoms with Crippen molar-refractivity contribution in [3.63, 3.8) is 0 Å². The van der Waals surface area contributed by atoms with Crippen LogP contribution >= 0.6 is 0 Å². The fraction of sp³-hybridized carbons (Fsp3) is 0.167. The second kappa shape index (κ2) is 5.22. The molecule has 2 aromatic carbocycles. The molecule has 1 aromatic heterocycles. The predicted octanol–water partition coefficient (Wildman–Crippen LogP) is 3.47. The Hall–Kier alpha value is -3.55. The van der Waals surface area contributed by atoms with Gasteiger partial charge in [0.25, 0.3) is 5.69 Å². The summed E-state index contributed by atoms with van der Waals surface area (Å²) in [7, 11) is 0. The smallest absolute Gasteiger partial charge is 0.280 e. The molecule has 0 bridgehead atoms. The first-order valence-corrected chi connectivity index (χ1v) is 8.12. The Kier molecular flexibility index (Phi) is 2.96. The lowest BCUT2D eigenvalue weighted by molar-refractivity contribution is -0.385. The van der Waals surface area contributed by atoms with Gasteiger partial charge in [-0.15, -0.1) is 0 Å². The van der Waals surface area contributed by atoms with Crippen LogP contribution < -0.4 is 14.8 Å². The van der Waals surface area contributed by atoms with E-state index in [1.165, 1.54) is 6.07 Å². The van der Waals surface area contributed by atoms with Crippen molar-refractivity contribution in [1.29, 1.82) is 0 Å². The van der Waals surface area contributed by atoms with Gasteiger partial charge in [0, 0.05) is 11.3 Å². The van der Waals surface area contributed by atoms with E-state index in [2.05, 4.69) is 10.4 Å². The SMILES string of the molecule is Cc1cc2n(n1)[C@H](c1cc3c(cc1[N+](=O)[O-])OCO3)Nc1ccccc1-2. The summed E-state index contributed by atoms with van der Waals surface area (Å²) < 4.78 is 12.5. The van der Waals surface area contributed by atoms with Crippen molar-refractivity contribution in [3.8, 4) is 22.8 Å². The summed E-state index contributed by atoms with van der Waals surface area (Å²) in [5, 5.41) is 19.6. The Morgan fingerprint density at radius 2 is 2.00 bits per heavy atom. The molecule has 0 spiro atoms. The van der Waals surface area contributed by atoms with Crippen LogP contribution in [0.4, 0.5) is 11.4 Å². The maximum absolute atomic E-state index is 11.7. The maximum Gasteiger partial charge on any atom is 0.280 e. The lowest BCUT2D eigenvalue weighted by Gasteiger charge is -2.29. The van der Waals surface area contributed by atoms with Gasteiger partial charge in [-0.1, -0.05) is 18.2 Å². The molecule has 0 amide bonds. The fourth-order valence-corrected chi connectivity index (χ4v) is 3.49. The Labute approximate surface area is 148 Å². The number of hydrogen-bond acceptors (Lipinski definition) is 6. The highest BCUT2D eigenvalue weighted by molar-refractivity contribution is 5.79. The van der Waals surface area contributed by atoms with Crippen molar-refractivity contribution in [3.05, 3.63) is 63.8 Å². The summed E-state index contributed by atoms with van der Waals surface area (Å²) in [6.07, 6.45) is -0.525. The Bertz CT molecular complexity index is 1060. The van der Waals surface area contributed by atoms with Crippen molar-refractivity contribution in [2.75, 3.05) is 12.1 Å². The minimum atomic E-state index is -0.525. The first kappa shape index (κ1) is 14.8. The number of para-hydroxylation sites is 1. The number of nitro benzene ring substituents is 1. The first-order chi connectivity index (χ1) is 12.6. The summed E-state index contributed by atoms with van der Waals surface area (Å²) in [6.45, 7) is 1.96. The van der Waals surface area contributed by atoms with E-state index in [1.807, 2.05) is 37.3 Å². The summed E-state index contributed by atoms with van der Waals surface area (Å²) >= 11 is 0. The zero-order valence-electron chi connectivity index (χ0n) is 13.8. The third-order valence-corrected chi connectivity index (χ3v) is 4.61. The van der Waals surface area contributed by atoms with E-state index < -0.39 is 11.1 Å². The van der Waals surface area contributed by atoms with Gasteiger partial charge in [-0.25, -0.2) is 4.68 Å². The number of nitro groups is 1. The van der Waals surface area contributed by atoms with Crippen LogP contribution in [-0.2, 0) is 0 Å². The molecule has 26 heavy (non-hydrogen) atoms. The summed E-state index contributed by atoms with van der Waals surface area (Å²) in [5.41, 5.74) is 4.09.